The van der Waals surface area contributed by atoms with Gasteiger partial charge in [-0.15, -0.1) is 0 Å². The van der Waals surface area contributed by atoms with Crippen LogP contribution in [0.1, 0.15) is 12.5 Å². The monoisotopic (exact) mass is 190 g/mol. The number of rotatable bonds is 2. The third-order valence-electron chi connectivity index (χ3n) is 1.64. The predicted octanol–water partition coefficient (Wildman–Crippen LogP) is 0.878. The number of benzene rings is 1. The smallest absolute Gasteiger partial charge is 0.252 e. The minimum absolute atomic E-state index is 0.466. The Labute approximate surface area is 81.8 Å². The van der Waals surface area contributed by atoms with Crippen molar-refractivity contribution < 1.29 is 9.90 Å². The quantitative estimate of drug-likeness (QED) is 0.727. The molecule has 0 saturated heterocycles. The number of hydrogen-bond acceptors (Lipinski definition) is 3. The highest BCUT2D eigenvalue weighted by atomic mass is 16.3. The Bertz CT molecular complexity index is 380. The summed E-state index contributed by atoms with van der Waals surface area (Å²) in [7, 11) is 0. The van der Waals surface area contributed by atoms with Gasteiger partial charge in [-0.1, -0.05) is 6.07 Å². The van der Waals surface area contributed by atoms with E-state index in [9.17, 15) is 4.79 Å². The molecule has 1 atom stereocenters. The van der Waals surface area contributed by atoms with Gasteiger partial charge in [-0.05, 0) is 25.1 Å². The molecule has 0 fully saturated rings. The molecule has 0 saturated carbocycles. The van der Waals surface area contributed by atoms with Crippen molar-refractivity contribution in [3.05, 3.63) is 29.8 Å². The van der Waals surface area contributed by atoms with E-state index in [2.05, 4.69) is 5.32 Å². The van der Waals surface area contributed by atoms with Gasteiger partial charge in [0.2, 0.25) is 0 Å². The van der Waals surface area contributed by atoms with E-state index >= 15 is 0 Å². The van der Waals surface area contributed by atoms with Crippen LogP contribution < -0.4 is 5.32 Å². The molecule has 0 bridgehead atoms. The molecule has 14 heavy (non-hydrogen) atoms. The number of nitriles is 1. The lowest BCUT2D eigenvalue weighted by atomic mass is 10.2. The highest BCUT2D eigenvalue weighted by Gasteiger charge is 2.08. The molecule has 0 aromatic heterocycles. The fourth-order valence-electron chi connectivity index (χ4n) is 0.913. The third-order valence-corrected chi connectivity index (χ3v) is 1.64. The van der Waals surface area contributed by atoms with E-state index in [1.807, 2.05) is 6.07 Å². The maximum absolute atomic E-state index is 11.1. The number of amides is 1. The van der Waals surface area contributed by atoms with Crippen molar-refractivity contribution in [1.29, 1.82) is 5.26 Å². The SMILES string of the molecule is CC(O)C(=O)Nc1cccc(C#N)c1. The standard InChI is InChI=1S/C10H10N2O2/c1-7(13)10(14)12-9-4-2-3-8(5-9)6-11/h2-5,7,13H,1H3,(H,12,14). The first kappa shape index (κ1) is 10.2. The second-order valence-corrected chi connectivity index (χ2v) is 2.86. The zero-order valence-electron chi connectivity index (χ0n) is 7.69. The number of nitrogens with zero attached hydrogens (tertiary/aromatic N) is 1. The second-order valence-electron chi connectivity index (χ2n) is 2.86. The molecule has 0 aliphatic carbocycles. The van der Waals surface area contributed by atoms with Crippen LogP contribution in [0.5, 0.6) is 0 Å². The predicted molar refractivity (Wildman–Crippen MR) is 51.5 cm³/mol. The summed E-state index contributed by atoms with van der Waals surface area (Å²) in [4.78, 5) is 11.1. The maximum atomic E-state index is 11.1. The Kier molecular flexibility index (Phi) is 3.21. The number of carbonyl (C=O) groups excluding carboxylic acids is 1. The Hall–Kier alpha value is -1.86. The van der Waals surface area contributed by atoms with Gasteiger partial charge in [0.15, 0.2) is 0 Å². The molecule has 4 nitrogen and oxygen atoms in total. The lowest BCUT2D eigenvalue weighted by molar-refractivity contribution is -0.123. The molecule has 1 rings (SSSR count). The highest BCUT2D eigenvalue weighted by molar-refractivity contribution is 5.93. The van der Waals surface area contributed by atoms with Gasteiger partial charge in [-0.3, -0.25) is 4.79 Å². The summed E-state index contributed by atoms with van der Waals surface area (Å²) in [5.74, 6) is -0.486. The van der Waals surface area contributed by atoms with E-state index in [1.54, 1.807) is 24.3 Å². The minimum Gasteiger partial charge on any atom is -0.384 e. The number of aliphatic hydroxyl groups is 1. The van der Waals surface area contributed by atoms with Gasteiger partial charge in [0.05, 0.1) is 11.6 Å². The van der Waals surface area contributed by atoms with Crippen LogP contribution in [0.15, 0.2) is 24.3 Å². The van der Waals surface area contributed by atoms with Crippen molar-refractivity contribution in [3.8, 4) is 6.07 Å². The lowest BCUT2D eigenvalue weighted by Crippen LogP contribution is -2.24. The van der Waals surface area contributed by atoms with Crippen LogP contribution in [-0.4, -0.2) is 17.1 Å². The Balaban J connectivity index is 2.78. The fraction of sp³-hybridized carbons (Fsp3) is 0.200. The largest absolute Gasteiger partial charge is 0.384 e. The molecule has 0 radical (unpaired) electrons. The molecule has 4 heteroatoms. The molecular weight excluding hydrogens is 180 g/mol. The molecule has 0 spiro atoms. The van der Waals surface area contributed by atoms with Crippen molar-refractivity contribution in [3.63, 3.8) is 0 Å². The molecule has 1 aromatic carbocycles. The van der Waals surface area contributed by atoms with E-state index in [4.69, 9.17) is 10.4 Å². The van der Waals surface area contributed by atoms with Crippen LogP contribution >= 0.6 is 0 Å². The van der Waals surface area contributed by atoms with Crippen LogP contribution in [0.2, 0.25) is 0 Å². The lowest BCUT2D eigenvalue weighted by Gasteiger charge is -2.06. The molecule has 1 aromatic rings. The van der Waals surface area contributed by atoms with E-state index in [0.717, 1.165) is 0 Å². The molecule has 1 amide bonds. The summed E-state index contributed by atoms with van der Waals surface area (Å²) in [6, 6.07) is 8.45. The topological polar surface area (TPSA) is 73.1 Å². The van der Waals surface area contributed by atoms with Gasteiger partial charge < -0.3 is 10.4 Å². The zero-order chi connectivity index (χ0) is 10.6. The third kappa shape index (κ3) is 2.57. The minimum atomic E-state index is -1.05. The number of hydrogen-bond donors (Lipinski definition) is 2. The van der Waals surface area contributed by atoms with Gasteiger partial charge in [-0.2, -0.15) is 5.26 Å². The van der Waals surface area contributed by atoms with Gasteiger partial charge >= 0.3 is 0 Å². The van der Waals surface area contributed by atoms with Gasteiger partial charge in [0, 0.05) is 5.69 Å². The van der Waals surface area contributed by atoms with E-state index in [1.165, 1.54) is 6.92 Å². The first-order valence-corrected chi connectivity index (χ1v) is 4.12. The highest BCUT2D eigenvalue weighted by Crippen LogP contribution is 2.09. The molecule has 72 valence electrons. The van der Waals surface area contributed by atoms with Crippen LogP contribution in [0.3, 0.4) is 0 Å². The van der Waals surface area contributed by atoms with E-state index in [-0.39, 0.29) is 0 Å². The summed E-state index contributed by atoms with van der Waals surface area (Å²) in [6.07, 6.45) is -1.05. The zero-order valence-corrected chi connectivity index (χ0v) is 7.69. The van der Waals surface area contributed by atoms with Crippen LogP contribution in [0.25, 0.3) is 0 Å². The van der Waals surface area contributed by atoms with Crippen molar-refractivity contribution >= 4 is 11.6 Å². The summed E-state index contributed by atoms with van der Waals surface area (Å²) >= 11 is 0. The number of nitrogens with one attached hydrogen (secondary N) is 1. The first-order valence-electron chi connectivity index (χ1n) is 4.12. The van der Waals surface area contributed by atoms with Gasteiger partial charge in [0.1, 0.15) is 6.10 Å². The molecular formula is C10H10N2O2. The van der Waals surface area contributed by atoms with Gasteiger partial charge in [0.25, 0.3) is 5.91 Å². The second kappa shape index (κ2) is 4.40. The van der Waals surface area contributed by atoms with Crippen LogP contribution in [0.4, 0.5) is 5.69 Å². The van der Waals surface area contributed by atoms with Crippen molar-refractivity contribution in [2.75, 3.05) is 5.32 Å². The van der Waals surface area contributed by atoms with Gasteiger partial charge in [-0.25, -0.2) is 0 Å². The molecule has 0 aliphatic heterocycles. The average molecular weight is 190 g/mol. The Morgan fingerprint density at radius 2 is 2.36 bits per heavy atom. The normalized spacial score (nSPS) is 11.5. The number of aliphatic hydroxyl groups excluding tert-OH is 1. The summed E-state index contributed by atoms with van der Waals surface area (Å²) in [5.41, 5.74) is 0.975. The van der Waals surface area contributed by atoms with E-state index < -0.39 is 12.0 Å². The summed E-state index contributed by atoms with van der Waals surface area (Å²) < 4.78 is 0. The molecule has 1 unspecified atom stereocenters. The maximum Gasteiger partial charge on any atom is 0.252 e. The number of anilines is 1. The van der Waals surface area contributed by atoms with Crippen LogP contribution in [0, 0.1) is 11.3 Å². The first-order chi connectivity index (χ1) is 6.63. The van der Waals surface area contributed by atoms with Crippen LogP contribution in [-0.2, 0) is 4.79 Å². The number of carbonyl (C=O) groups is 1. The summed E-state index contributed by atoms with van der Waals surface area (Å²) in [6.45, 7) is 1.38. The van der Waals surface area contributed by atoms with E-state index in [0.29, 0.717) is 11.3 Å². The Morgan fingerprint density at radius 1 is 1.64 bits per heavy atom. The summed E-state index contributed by atoms with van der Waals surface area (Å²) in [5, 5.41) is 20.0. The Morgan fingerprint density at radius 3 is 2.93 bits per heavy atom. The fourth-order valence-corrected chi connectivity index (χ4v) is 0.913. The molecule has 0 heterocycles. The van der Waals surface area contributed by atoms with Crippen molar-refractivity contribution in [2.45, 2.75) is 13.0 Å². The van der Waals surface area contributed by atoms with Crippen molar-refractivity contribution in [1.82, 2.24) is 0 Å². The van der Waals surface area contributed by atoms with Crippen molar-refractivity contribution in [2.24, 2.45) is 0 Å². The average Bonchev–Trinajstić information content (AvgIpc) is 2.18. The molecule has 0 aliphatic rings. The molecule has 2 N–H and O–H groups in total.